The molecule has 0 bridgehead atoms. The minimum atomic E-state index is -0.279. The van der Waals surface area contributed by atoms with E-state index in [2.05, 4.69) is 12.6 Å². The van der Waals surface area contributed by atoms with Crippen LogP contribution in [0.25, 0.3) is 0 Å². The molecule has 0 amide bonds. The second kappa shape index (κ2) is 9.06. The molecular weight excluding hydrogens is 361 g/mol. The molecule has 2 aliphatic rings. The van der Waals surface area contributed by atoms with Crippen LogP contribution in [0.3, 0.4) is 0 Å². The largest absolute Gasteiger partial charge is 0.497 e. The highest BCUT2D eigenvalue weighted by Gasteiger charge is 2.34. The number of halogens is 1. The van der Waals surface area contributed by atoms with Gasteiger partial charge in [0, 0.05) is 25.1 Å². The summed E-state index contributed by atoms with van der Waals surface area (Å²) >= 11 is 0. The van der Waals surface area contributed by atoms with Crippen molar-refractivity contribution in [2.75, 3.05) is 27.0 Å². The predicted molar refractivity (Wildman–Crippen MR) is 105 cm³/mol. The molecule has 1 saturated heterocycles. The number of nitrogens with zero attached hydrogens (tertiary/aromatic N) is 1. The summed E-state index contributed by atoms with van der Waals surface area (Å²) in [6, 6.07) is 4.05. The Morgan fingerprint density at radius 1 is 1.43 bits per heavy atom. The van der Waals surface area contributed by atoms with Gasteiger partial charge in [0.2, 0.25) is 6.79 Å². The zero-order valence-corrected chi connectivity index (χ0v) is 16.3. The topological polar surface area (TPSA) is 48.0 Å². The zero-order chi connectivity index (χ0) is 20.1. The zero-order valence-electron chi connectivity index (χ0n) is 16.3. The van der Waals surface area contributed by atoms with Gasteiger partial charge in [-0.1, -0.05) is 18.7 Å². The van der Waals surface area contributed by atoms with Crippen LogP contribution in [0.2, 0.25) is 0 Å². The van der Waals surface area contributed by atoms with Crippen LogP contribution < -0.4 is 9.47 Å². The highest BCUT2D eigenvalue weighted by molar-refractivity contribution is 5.53. The lowest BCUT2D eigenvalue weighted by Crippen LogP contribution is -2.31. The Kier molecular flexibility index (Phi) is 6.52. The van der Waals surface area contributed by atoms with Crippen molar-refractivity contribution in [1.82, 2.24) is 4.90 Å². The Hall–Kier alpha value is -2.60. The van der Waals surface area contributed by atoms with Crippen molar-refractivity contribution >= 4 is 6.29 Å². The Balaban J connectivity index is 1.77. The summed E-state index contributed by atoms with van der Waals surface area (Å²) in [7, 11) is 1.49. The first-order valence-corrected chi connectivity index (χ1v) is 9.36. The van der Waals surface area contributed by atoms with Crippen molar-refractivity contribution in [3.63, 3.8) is 0 Å². The molecule has 2 heterocycles. The summed E-state index contributed by atoms with van der Waals surface area (Å²) < 4.78 is 30.7. The van der Waals surface area contributed by atoms with E-state index in [1.54, 1.807) is 12.2 Å². The summed E-state index contributed by atoms with van der Waals surface area (Å²) in [6.07, 6.45) is 6.40. The summed E-state index contributed by atoms with van der Waals surface area (Å²) in [4.78, 5) is 13.2. The predicted octanol–water partition coefficient (Wildman–Crippen LogP) is 4.04. The second-order valence-corrected chi connectivity index (χ2v) is 7.08. The SMILES string of the molecule is C=C/C=C(\C=C(\F)C[C@H]1C[C@@H](c2cc(C)c3c(c2)OCO3)CN1CC=O)OC. The molecule has 1 aromatic rings. The highest BCUT2D eigenvalue weighted by atomic mass is 19.1. The Morgan fingerprint density at radius 3 is 2.96 bits per heavy atom. The number of aldehydes is 1. The number of methoxy groups -OCH3 is 1. The maximum Gasteiger partial charge on any atom is 0.231 e. The van der Waals surface area contributed by atoms with Gasteiger partial charge in [-0.3, -0.25) is 4.90 Å². The molecule has 0 unspecified atom stereocenters. The van der Waals surface area contributed by atoms with Crippen LogP contribution >= 0.6 is 0 Å². The third-order valence-corrected chi connectivity index (χ3v) is 5.24. The van der Waals surface area contributed by atoms with E-state index in [0.717, 1.165) is 35.3 Å². The first-order valence-electron chi connectivity index (χ1n) is 9.36. The van der Waals surface area contributed by atoms with Crippen molar-refractivity contribution in [2.45, 2.75) is 31.7 Å². The number of carbonyl (C=O) groups excluding carboxylic acids is 1. The van der Waals surface area contributed by atoms with Crippen LogP contribution in [0.15, 0.2) is 48.5 Å². The van der Waals surface area contributed by atoms with Crippen LogP contribution in [0.5, 0.6) is 11.5 Å². The number of fused-ring (bicyclic) bond motifs is 1. The molecule has 28 heavy (non-hydrogen) atoms. The van der Waals surface area contributed by atoms with E-state index in [1.165, 1.54) is 13.2 Å². The molecular formula is C22H26FNO4. The molecule has 150 valence electrons. The summed E-state index contributed by atoms with van der Waals surface area (Å²) in [5.74, 6) is 1.88. The smallest absolute Gasteiger partial charge is 0.231 e. The van der Waals surface area contributed by atoms with Crippen molar-refractivity contribution in [2.24, 2.45) is 0 Å². The normalized spacial score (nSPS) is 22.4. The Morgan fingerprint density at radius 2 is 2.25 bits per heavy atom. The number of allylic oxidation sites excluding steroid dienone is 3. The first kappa shape index (κ1) is 20.1. The van der Waals surface area contributed by atoms with Crippen molar-refractivity contribution in [3.8, 4) is 11.5 Å². The van der Waals surface area contributed by atoms with Gasteiger partial charge < -0.3 is 19.0 Å². The summed E-state index contributed by atoms with van der Waals surface area (Å²) in [5, 5.41) is 0. The molecule has 0 spiro atoms. The Bertz CT molecular complexity index is 802. The average molecular weight is 387 g/mol. The van der Waals surface area contributed by atoms with Crippen molar-refractivity contribution in [3.05, 3.63) is 59.7 Å². The molecule has 0 saturated carbocycles. The molecule has 3 rings (SSSR count). The summed E-state index contributed by atoms with van der Waals surface area (Å²) in [5.41, 5.74) is 2.16. The lowest BCUT2D eigenvalue weighted by atomic mass is 9.93. The minimum absolute atomic E-state index is 0.0565. The van der Waals surface area contributed by atoms with E-state index >= 15 is 0 Å². The maximum absolute atomic E-state index is 14.6. The van der Waals surface area contributed by atoms with Crippen LogP contribution in [-0.4, -0.2) is 44.2 Å². The van der Waals surface area contributed by atoms with E-state index in [4.69, 9.17) is 14.2 Å². The first-order chi connectivity index (χ1) is 13.5. The van der Waals surface area contributed by atoms with Gasteiger partial charge in [0.25, 0.3) is 0 Å². The molecule has 0 aromatic heterocycles. The maximum atomic E-state index is 14.6. The summed E-state index contributed by atoms with van der Waals surface area (Å²) in [6.45, 7) is 6.82. The van der Waals surface area contributed by atoms with Gasteiger partial charge in [-0.15, -0.1) is 0 Å². The standard InChI is InChI=1S/C22H26FNO4/c1-4-5-20(26-3)12-18(23)11-19-9-17(13-24(19)6-7-25)16-8-15(2)22-21(10-16)27-14-28-22/h4-5,7-8,10,12,17,19H,1,6,9,11,13-14H2,2-3H3/b18-12+,20-5+/t17-,19-/m1/s1. The second-order valence-electron chi connectivity index (χ2n) is 7.08. The number of carbonyl (C=O) groups is 1. The molecule has 5 nitrogen and oxygen atoms in total. The number of likely N-dealkylation sites (tertiary alicyclic amines) is 1. The fourth-order valence-corrected chi connectivity index (χ4v) is 3.94. The third kappa shape index (κ3) is 4.44. The fraction of sp³-hybridized carbons (Fsp3) is 0.409. The molecule has 0 aliphatic carbocycles. The van der Waals surface area contributed by atoms with Crippen LogP contribution in [0, 0.1) is 6.92 Å². The van der Waals surface area contributed by atoms with Crippen LogP contribution in [0.1, 0.15) is 29.9 Å². The lowest BCUT2D eigenvalue weighted by molar-refractivity contribution is -0.109. The molecule has 0 radical (unpaired) electrons. The molecule has 1 aromatic carbocycles. The van der Waals surface area contributed by atoms with Gasteiger partial charge in [-0.2, -0.15) is 0 Å². The van der Waals surface area contributed by atoms with Gasteiger partial charge in [0.1, 0.15) is 17.9 Å². The van der Waals surface area contributed by atoms with E-state index in [1.807, 2.05) is 17.9 Å². The molecule has 2 aliphatic heterocycles. The number of rotatable bonds is 8. The Labute approximate surface area is 165 Å². The molecule has 1 fully saturated rings. The molecule has 6 heteroatoms. The van der Waals surface area contributed by atoms with E-state index < -0.39 is 0 Å². The number of aryl methyl sites for hydroxylation is 1. The quantitative estimate of drug-likeness (QED) is 0.383. The highest BCUT2D eigenvalue weighted by Crippen LogP contribution is 2.41. The molecule has 0 N–H and O–H groups in total. The van der Waals surface area contributed by atoms with Gasteiger partial charge in [-0.25, -0.2) is 4.39 Å². The van der Waals surface area contributed by atoms with Gasteiger partial charge >= 0.3 is 0 Å². The number of benzene rings is 1. The lowest BCUT2D eigenvalue weighted by Gasteiger charge is -2.21. The van der Waals surface area contributed by atoms with Gasteiger partial charge in [0.15, 0.2) is 11.5 Å². The van der Waals surface area contributed by atoms with Gasteiger partial charge in [0.05, 0.1) is 13.7 Å². The van der Waals surface area contributed by atoms with E-state index in [0.29, 0.717) is 12.3 Å². The van der Waals surface area contributed by atoms with E-state index in [-0.39, 0.29) is 37.5 Å². The average Bonchev–Trinajstić information content (AvgIpc) is 3.29. The number of hydrogen-bond donors (Lipinski definition) is 0. The molecule has 2 atom stereocenters. The van der Waals surface area contributed by atoms with E-state index in [9.17, 15) is 9.18 Å². The number of ether oxygens (including phenoxy) is 3. The minimum Gasteiger partial charge on any atom is -0.497 e. The van der Waals surface area contributed by atoms with Crippen LogP contribution in [0.4, 0.5) is 4.39 Å². The van der Waals surface area contributed by atoms with Crippen molar-refractivity contribution < 1.29 is 23.4 Å². The van der Waals surface area contributed by atoms with Crippen molar-refractivity contribution in [1.29, 1.82) is 0 Å². The van der Waals surface area contributed by atoms with Crippen LogP contribution in [-0.2, 0) is 9.53 Å². The third-order valence-electron chi connectivity index (χ3n) is 5.24. The number of hydrogen-bond acceptors (Lipinski definition) is 5. The monoisotopic (exact) mass is 387 g/mol. The fourth-order valence-electron chi connectivity index (χ4n) is 3.94. The van der Waals surface area contributed by atoms with Gasteiger partial charge in [-0.05, 0) is 42.5 Å².